The molecule has 2 aromatic rings. The van der Waals surface area contributed by atoms with Gasteiger partial charge in [0, 0.05) is 12.1 Å². The summed E-state index contributed by atoms with van der Waals surface area (Å²) in [4.78, 5) is 23.3. The summed E-state index contributed by atoms with van der Waals surface area (Å²) in [5.74, 6) is -1.02. The van der Waals surface area contributed by atoms with Crippen LogP contribution >= 0.6 is 0 Å². The Morgan fingerprint density at radius 3 is 2.52 bits per heavy atom. The molecule has 7 heteroatoms. The van der Waals surface area contributed by atoms with Crippen molar-refractivity contribution in [2.45, 2.75) is 32.2 Å². The van der Waals surface area contributed by atoms with E-state index in [4.69, 9.17) is 4.74 Å². The van der Waals surface area contributed by atoms with Crippen LogP contribution in [0.15, 0.2) is 48.5 Å². The van der Waals surface area contributed by atoms with Crippen LogP contribution in [0.4, 0.5) is 9.18 Å². The molecule has 0 bridgehead atoms. The van der Waals surface area contributed by atoms with E-state index in [1.807, 2.05) is 30.3 Å². The van der Waals surface area contributed by atoms with Crippen LogP contribution in [0.25, 0.3) is 0 Å². The Balaban J connectivity index is 1.82. The van der Waals surface area contributed by atoms with Crippen LogP contribution in [0.3, 0.4) is 0 Å². The van der Waals surface area contributed by atoms with Crippen molar-refractivity contribution in [3.63, 3.8) is 0 Å². The zero-order chi connectivity index (χ0) is 19.8. The Kier molecular flexibility index (Phi) is 7.45. The number of ether oxygens (including phenoxy) is 1. The summed E-state index contributed by atoms with van der Waals surface area (Å²) in [6, 6.07) is 12.6. The average molecular weight is 375 g/mol. The molecule has 0 heterocycles. The van der Waals surface area contributed by atoms with E-state index >= 15 is 0 Å². The Hall–Kier alpha value is -2.77. The Bertz CT molecular complexity index is 781. The van der Waals surface area contributed by atoms with E-state index in [1.54, 1.807) is 0 Å². The molecular formula is C20H22FNO5. The van der Waals surface area contributed by atoms with E-state index in [9.17, 15) is 24.2 Å². The Morgan fingerprint density at radius 2 is 1.85 bits per heavy atom. The standard InChI is InChI=1S/C20H22FNO5/c1-13(23)17-11-15(21)7-8-16(17)19(25)18(24)9-10-22-20(26)27-12-14-5-3-2-4-6-14/h2-8,11,18-19,24-25H,9-10,12H2,1H3,(H,22,26). The van der Waals surface area contributed by atoms with Gasteiger partial charge in [-0.3, -0.25) is 4.79 Å². The Morgan fingerprint density at radius 1 is 1.15 bits per heavy atom. The van der Waals surface area contributed by atoms with Gasteiger partial charge in [-0.05, 0) is 36.6 Å². The van der Waals surface area contributed by atoms with E-state index in [0.717, 1.165) is 17.7 Å². The summed E-state index contributed by atoms with van der Waals surface area (Å²) in [5.41, 5.74) is 0.996. The van der Waals surface area contributed by atoms with Gasteiger partial charge in [0.05, 0.1) is 6.10 Å². The number of amides is 1. The molecule has 3 N–H and O–H groups in total. The van der Waals surface area contributed by atoms with Gasteiger partial charge in [0.25, 0.3) is 0 Å². The summed E-state index contributed by atoms with van der Waals surface area (Å²) in [6.07, 6.45) is -3.25. The van der Waals surface area contributed by atoms with Crippen molar-refractivity contribution in [2.75, 3.05) is 6.54 Å². The van der Waals surface area contributed by atoms with Crippen molar-refractivity contribution < 1.29 is 28.9 Å². The summed E-state index contributed by atoms with van der Waals surface area (Å²) in [7, 11) is 0. The highest BCUT2D eigenvalue weighted by Crippen LogP contribution is 2.24. The lowest BCUT2D eigenvalue weighted by Gasteiger charge is -2.20. The number of carbonyl (C=O) groups is 2. The molecule has 27 heavy (non-hydrogen) atoms. The number of rotatable bonds is 8. The van der Waals surface area contributed by atoms with Gasteiger partial charge in [0.2, 0.25) is 0 Å². The predicted molar refractivity (Wildman–Crippen MR) is 96.6 cm³/mol. The molecule has 6 nitrogen and oxygen atoms in total. The van der Waals surface area contributed by atoms with Gasteiger partial charge in [-0.25, -0.2) is 9.18 Å². The quantitative estimate of drug-likeness (QED) is 0.617. The number of benzene rings is 2. The third kappa shape index (κ3) is 6.16. The van der Waals surface area contributed by atoms with E-state index in [2.05, 4.69) is 5.32 Å². The molecule has 0 aliphatic heterocycles. The Labute approximate surface area is 156 Å². The minimum Gasteiger partial charge on any atom is -0.445 e. The largest absolute Gasteiger partial charge is 0.445 e. The van der Waals surface area contributed by atoms with Gasteiger partial charge < -0.3 is 20.3 Å². The number of halogens is 1. The van der Waals surface area contributed by atoms with Crippen LogP contribution in [-0.4, -0.2) is 34.7 Å². The fourth-order valence-electron chi connectivity index (χ4n) is 2.55. The van der Waals surface area contributed by atoms with E-state index in [-0.39, 0.29) is 30.7 Å². The van der Waals surface area contributed by atoms with Crippen molar-refractivity contribution >= 4 is 11.9 Å². The second kappa shape index (κ2) is 9.80. The third-order valence-corrected chi connectivity index (χ3v) is 4.00. The first-order valence-corrected chi connectivity index (χ1v) is 8.49. The van der Waals surface area contributed by atoms with Crippen molar-refractivity contribution in [3.05, 3.63) is 71.0 Å². The molecule has 0 saturated carbocycles. The SMILES string of the molecule is CC(=O)c1cc(F)ccc1C(O)C(O)CCNC(=O)OCc1ccccc1. The number of alkyl carbamates (subject to hydrolysis) is 1. The normalized spacial score (nSPS) is 12.9. The maximum atomic E-state index is 13.3. The molecule has 0 aliphatic rings. The molecule has 0 radical (unpaired) electrons. The van der Waals surface area contributed by atoms with Gasteiger partial charge in [-0.1, -0.05) is 36.4 Å². The van der Waals surface area contributed by atoms with Crippen molar-refractivity contribution in [1.29, 1.82) is 0 Å². The minimum absolute atomic E-state index is 0.0109. The van der Waals surface area contributed by atoms with Crippen LogP contribution in [-0.2, 0) is 11.3 Å². The summed E-state index contributed by atoms with van der Waals surface area (Å²) in [5, 5.41) is 22.9. The minimum atomic E-state index is -1.38. The molecule has 0 aromatic heterocycles. The molecular weight excluding hydrogens is 353 g/mol. The maximum absolute atomic E-state index is 13.3. The highest BCUT2D eigenvalue weighted by molar-refractivity contribution is 5.95. The lowest BCUT2D eigenvalue weighted by Crippen LogP contribution is -2.30. The van der Waals surface area contributed by atoms with Crippen LogP contribution < -0.4 is 5.32 Å². The van der Waals surface area contributed by atoms with Gasteiger partial charge in [0.15, 0.2) is 5.78 Å². The molecule has 0 spiro atoms. The first-order chi connectivity index (χ1) is 12.9. The lowest BCUT2D eigenvalue weighted by molar-refractivity contribution is 0.0132. The number of hydrogen-bond acceptors (Lipinski definition) is 5. The first-order valence-electron chi connectivity index (χ1n) is 8.49. The van der Waals surface area contributed by atoms with Gasteiger partial charge >= 0.3 is 6.09 Å². The summed E-state index contributed by atoms with van der Waals surface area (Å²) >= 11 is 0. The first kappa shape index (κ1) is 20.5. The molecule has 0 saturated heterocycles. The number of hydrogen-bond donors (Lipinski definition) is 3. The maximum Gasteiger partial charge on any atom is 0.407 e. The molecule has 0 aliphatic carbocycles. The van der Waals surface area contributed by atoms with E-state index in [1.165, 1.54) is 13.0 Å². The van der Waals surface area contributed by atoms with Crippen LogP contribution in [0, 0.1) is 5.82 Å². The zero-order valence-electron chi connectivity index (χ0n) is 14.9. The number of aliphatic hydroxyl groups is 2. The average Bonchev–Trinajstić information content (AvgIpc) is 2.66. The molecule has 2 aromatic carbocycles. The van der Waals surface area contributed by atoms with Crippen molar-refractivity contribution in [1.82, 2.24) is 5.32 Å². The number of ketones is 1. The summed E-state index contributed by atoms with van der Waals surface area (Å²) < 4.78 is 18.3. The van der Waals surface area contributed by atoms with Gasteiger partial charge in [-0.2, -0.15) is 0 Å². The monoisotopic (exact) mass is 375 g/mol. The fraction of sp³-hybridized carbons (Fsp3) is 0.300. The van der Waals surface area contributed by atoms with Crippen LogP contribution in [0.1, 0.15) is 40.9 Å². The fourth-order valence-corrected chi connectivity index (χ4v) is 2.55. The van der Waals surface area contributed by atoms with E-state index < -0.39 is 29.9 Å². The van der Waals surface area contributed by atoms with Crippen molar-refractivity contribution in [3.8, 4) is 0 Å². The molecule has 2 unspecified atom stereocenters. The topological polar surface area (TPSA) is 95.9 Å². The summed E-state index contributed by atoms with van der Waals surface area (Å²) in [6.45, 7) is 1.43. The number of nitrogens with one attached hydrogen (secondary N) is 1. The van der Waals surface area contributed by atoms with Gasteiger partial charge in [0.1, 0.15) is 18.5 Å². The smallest absolute Gasteiger partial charge is 0.407 e. The highest BCUT2D eigenvalue weighted by Gasteiger charge is 2.23. The van der Waals surface area contributed by atoms with Gasteiger partial charge in [-0.15, -0.1) is 0 Å². The predicted octanol–water partition coefficient (Wildman–Crippen LogP) is 2.74. The van der Waals surface area contributed by atoms with Crippen molar-refractivity contribution in [2.24, 2.45) is 0 Å². The van der Waals surface area contributed by atoms with Crippen LogP contribution in [0.2, 0.25) is 0 Å². The molecule has 144 valence electrons. The molecule has 2 atom stereocenters. The number of aliphatic hydroxyl groups excluding tert-OH is 2. The zero-order valence-corrected chi connectivity index (χ0v) is 14.9. The number of carbonyl (C=O) groups excluding carboxylic acids is 2. The molecule has 1 amide bonds. The lowest BCUT2D eigenvalue weighted by atomic mass is 9.95. The third-order valence-electron chi connectivity index (χ3n) is 4.00. The molecule has 2 rings (SSSR count). The number of Topliss-reactive ketones (excluding diaryl/α,β-unsaturated/α-hetero) is 1. The highest BCUT2D eigenvalue weighted by atomic mass is 19.1. The van der Waals surface area contributed by atoms with E-state index in [0.29, 0.717) is 0 Å². The second-order valence-electron chi connectivity index (χ2n) is 6.08. The van der Waals surface area contributed by atoms with Crippen LogP contribution in [0.5, 0.6) is 0 Å². The molecule has 0 fully saturated rings. The second-order valence-corrected chi connectivity index (χ2v) is 6.08.